The lowest BCUT2D eigenvalue weighted by Gasteiger charge is -2.31. The topological polar surface area (TPSA) is 162 Å². The van der Waals surface area contributed by atoms with Gasteiger partial charge in [-0.15, -0.1) is 0 Å². The van der Waals surface area contributed by atoms with E-state index in [-0.39, 0.29) is 18.2 Å². The van der Waals surface area contributed by atoms with Crippen LogP contribution in [0.15, 0.2) is 0 Å². The third kappa shape index (κ3) is 6.08. The second kappa shape index (κ2) is 10.6. The number of nitrogens with one attached hydrogen (secondary N) is 2. The number of thiol groups is 1. The number of amides is 3. The largest absolute Gasteiger partial charge is 0.480 e. The van der Waals surface area contributed by atoms with Gasteiger partial charge in [0.2, 0.25) is 17.7 Å². The van der Waals surface area contributed by atoms with E-state index in [1.165, 1.54) is 11.8 Å². The van der Waals surface area contributed by atoms with Crippen molar-refractivity contribution in [2.24, 2.45) is 11.7 Å². The minimum absolute atomic E-state index is 0.0626. The van der Waals surface area contributed by atoms with Gasteiger partial charge in [-0.05, 0) is 25.7 Å². The number of carbonyl (C=O) groups excluding carboxylic acids is 3. The van der Waals surface area contributed by atoms with Crippen LogP contribution in [0.25, 0.3) is 0 Å². The first-order valence-electron chi connectivity index (χ1n) is 9.19. The van der Waals surface area contributed by atoms with Crippen molar-refractivity contribution in [2.75, 3.05) is 12.3 Å². The molecule has 0 saturated carbocycles. The molecule has 5 atom stereocenters. The monoisotopic (exact) mass is 418 g/mol. The number of hydrogen-bond acceptors (Lipinski definition) is 7. The molecule has 0 aromatic rings. The van der Waals surface area contributed by atoms with Crippen LogP contribution < -0.4 is 16.4 Å². The fourth-order valence-corrected chi connectivity index (χ4v) is 3.14. The molecule has 0 aromatic heterocycles. The first-order chi connectivity index (χ1) is 13.0. The van der Waals surface area contributed by atoms with E-state index >= 15 is 0 Å². The zero-order valence-corrected chi connectivity index (χ0v) is 17.2. The molecule has 1 fully saturated rings. The summed E-state index contributed by atoms with van der Waals surface area (Å²) in [6.07, 6.45) is -0.311. The molecular formula is C17H30N4O6S. The first-order valence-corrected chi connectivity index (χ1v) is 9.83. The van der Waals surface area contributed by atoms with E-state index in [1.54, 1.807) is 13.8 Å². The predicted octanol–water partition coefficient (Wildman–Crippen LogP) is -1.67. The summed E-state index contributed by atoms with van der Waals surface area (Å²) in [5, 5.41) is 24.1. The quantitative estimate of drug-likeness (QED) is 0.244. The second-order valence-electron chi connectivity index (χ2n) is 7.27. The maximum Gasteiger partial charge on any atom is 0.326 e. The summed E-state index contributed by atoms with van der Waals surface area (Å²) in [6.45, 7) is 4.94. The maximum absolute atomic E-state index is 12.9. The number of nitrogens with two attached hydrogens (primary N) is 1. The van der Waals surface area contributed by atoms with Gasteiger partial charge in [0.05, 0.1) is 12.1 Å². The summed E-state index contributed by atoms with van der Waals surface area (Å²) in [5.74, 6) is -3.26. The van der Waals surface area contributed by atoms with E-state index in [4.69, 9.17) is 5.73 Å². The number of hydrogen-bond donors (Lipinski definition) is 6. The summed E-state index contributed by atoms with van der Waals surface area (Å²) in [4.78, 5) is 50.1. The van der Waals surface area contributed by atoms with Crippen LogP contribution in [-0.4, -0.2) is 81.4 Å². The number of nitrogens with zero attached hydrogens (tertiary/aromatic N) is 1. The van der Waals surface area contributed by atoms with Gasteiger partial charge in [-0.2, -0.15) is 12.6 Å². The average Bonchev–Trinajstić information content (AvgIpc) is 3.11. The van der Waals surface area contributed by atoms with Crippen molar-refractivity contribution in [3.8, 4) is 0 Å². The maximum atomic E-state index is 12.9. The van der Waals surface area contributed by atoms with Crippen LogP contribution in [-0.2, 0) is 19.2 Å². The van der Waals surface area contributed by atoms with Gasteiger partial charge >= 0.3 is 5.97 Å². The van der Waals surface area contributed by atoms with Crippen LogP contribution in [0.5, 0.6) is 0 Å². The number of carbonyl (C=O) groups is 4. The predicted molar refractivity (Wildman–Crippen MR) is 105 cm³/mol. The van der Waals surface area contributed by atoms with Crippen LogP contribution in [0.2, 0.25) is 0 Å². The van der Waals surface area contributed by atoms with Gasteiger partial charge < -0.3 is 31.5 Å². The minimum Gasteiger partial charge on any atom is -0.480 e. The fraction of sp³-hybridized carbons (Fsp3) is 0.765. The van der Waals surface area contributed by atoms with Crippen molar-refractivity contribution in [2.45, 2.75) is 63.9 Å². The van der Waals surface area contributed by atoms with Crippen LogP contribution in [0.3, 0.4) is 0 Å². The molecule has 0 aliphatic carbocycles. The Labute approximate surface area is 169 Å². The van der Waals surface area contributed by atoms with E-state index < -0.39 is 54.0 Å². The summed E-state index contributed by atoms with van der Waals surface area (Å²) < 4.78 is 0. The molecule has 11 heteroatoms. The number of aliphatic hydroxyl groups excluding tert-OH is 1. The Morgan fingerprint density at radius 1 is 1.18 bits per heavy atom. The van der Waals surface area contributed by atoms with Gasteiger partial charge in [-0.25, -0.2) is 4.79 Å². The Kier molecular flexibility index (Phi) is 9.18. The Morgan fingerprint density at radius 3 is 2.25 bits per heavy atom. The Hall–Kier alpha value is -1.85. The van der Waals surface area contributed by atoms with Gasteiger partial charge in [0.25, 0.3) is 0 Å². The highest BCUT2D eigenvalue weighted by molar-refractivity contribution is 7.80. The fourth-order valence-electron chi connectivity index (χ4n) is 2.98. The molecule has 0 bridgehead atoms. The molecule has 1 aliphatic rings. The van der Waals surface area contributed by atoms with Crippen molar-refractivity contribution in [1.29, 1.82) is 0 Å². The third-order valence-corrected chi connectivity index (χ3v) is 5.04. The van der Waals surface area contributed by atoms with Gasteiger partial charge in [-0.1, -0.05) is 13.8 Å². The van der Waals surface area contributed by atoms with Gasteiger partial charge in [-0.3, -0.25) is 14.4 Å². The minimum atomic E-state index is -1.27. The highest BCUT2D eigenvalue weighted by Gasteiger charge is 2.40. The molecule has 1 heterocycles. The van der Waals surface area contributed by atoms with E-state index in [9.17, 15) is 29.4 Å². The zero-order chi connectivity index (χ0) is 21.6. The summed E-state index contributed by atoms with van der Waals surface area (Å²) >= 11 is 3.93. The van der Waals surface area contributed by atoms with E-state index in [2.05, 4.69) is 23.3 Å². The van der Waals surface area contributed by atoms with Crippen LogP contribution in [0.4, 0.5) is 0 Å². The van der Waals surface area contributed by atoms with Gasteiger partial charge in [0.15, 0.2) is 0 Å². The molecule has 3 amide bonds. The zero-order valence-electron chi connectivity index (χ0n) is 16.3. The standard InChI is InChI=1S/C17H30N4O6S/c1-8(2)12(17(26)27)19-15(24)11-5-4-6-21(11)16(25)13(9(3)22)20-14(23)10(18)7-28/h8-13,22,28H,4-7,18H2,1-3H3,(H,19,24)(H,20,23)(H,26,27). The number of carboxylic acids is 1. The van der Waals surface area contributed by atoms with Crippen LogP contribution >= 0.6 is 12.6 Å². The van der Waals surface area contributed by atoms with Crippen molar-refractivity contribution >= 4 is 36.3 Å². The third-order valence-electron chi connectivity index (χ3n) is 4.65. The summed E-state index contributed by atoms with van der Waals surface area (Å²) in [6, 6.07) is -4.17. The van der Waals surface area contributed by atoms with Gasteiger partial charge in [0, 0.05) is 12.3 Å². The molecule has 28 heavy (non-hydrogen) atoms. The highest BCUT2D eigenvalue weighted by atomic mass is 32.1. The van der Waals surface area contributed by atoms with Gasteiger partial charge in [0.1, 0.15) is 18.1 Å². The summed E-state index contributed by atoms with van der Waals surface area (Å²) in [7, 11) is 0. The van der Waals surface area contributed by atoms with Crippen LogP contribution in [0, 0.1) is 5.92 Å². The lowest BCUT2D eigenvalue weighted by molar-refractivity contribution is -0.146. The Balaban J connectivity index is 2.93. The molecular weight excluding hydrogens is 388 g/mol. The number of likely N-dealkylation sites (tertiary alicyclic amines) is 1. The van der Waals surface area contributed by atoms with Crippen molar-refractivity contribution < 1.29 is 29.4 Å². The summed E-state index contributed by atoms with van der Waals surface area (Å²) in [5.41, 5.74) is 5.59. The van der Waals surface area contributed by atoms with Crippen LogP contribution in [0.1, 0.15) is 33.6 Å². The molecule has 1 rings (SSSR count). The number of aliphatic carboxylic acids is 1. The lowest BCUT2D eigenvalue weighted by Crippen LogP contribution is -2.60. The average molecular weight is 419 g/mol. The van der Waals surface area contributed by atoms with E-state index in [0.717, 1.165) is 0 Å². The van der Waals surface area contributed by atoms with Crippen molar-refractivity contribution in [3.05, 3.63) is 0 Å². The SMILES string of the molecule is CC(C)C(NC(=O)C1CCCN1C(=O)C(NC(=O)C(N)CS)C(C)O)C(=O)O. The Bertz CT molecular complexity index is 600. The van der Waals surface area contributed by atoms with E-state index in [0.29, 0.717) is 12.8 Å². The molecule has 6 N–H and O–H groups in total. The normalized spacial score (nSPS) is 21.0. The number of rotatable bonds is 9. The molecule has 5 unspecified atom stereocenters. The van der Waals surface area contributed by atoms with Crippen molar-refractivity contribution in [1.82, 2.24) is 15.5 Å². The van der Waals surface area contributed by atoms with Crippen molar-refractivity contribution in [3.63, 3.8) is 0 Å². The molecule has 0 radical (unpaired) electrons. The molecule has 10 nitrogen and oxygen atoms in total. The molecule has 0 spiro atoms. The van der Waals surface area contributed by atoms with E-state index in [1.807, 2.05) is 0 Å². The smallest absolute Gasteiger partial charge is 0.326 e. The first kappa shape index (κ1) is 24.2. The molecule has 160 valence electrons. The molecule has 0 aromatic carbocycles. The lowest BCUT2D eigenvalue weighted by atomic mass is 10.0. The number of aliphatic hydroxyl groups is 1. The number of carboxylic acid groups (broad SMARTS) is 1. The highest BCUT2D eigenvalue weighted by Crippen LogP contribution is 2.20. The molecule has 1 saturated heterocycles. The second-order valence-corrected chi connectivity index (χ2v) is 7.64. The molecule has 1 aliphatic heterocycles. The Morgan fingerprint density at radius 2 is 1.79 bits per heavy atom.